The summed E-state index contributed by atoms with van der Waals surface area (Å²) < 4.78 is 10.9. The van der Waals surface area contributed by atoms with E-state index in [0.717, 1.165) is 23.1 Å². The Balaban J connectivity index is 2.54. The van der Waals surface area contributed by atoms with E-state index in [9.17, 15) is 0 Å². The van der Waals surface area contributed by atoms with Crippen LogP contribution < -0.4 is 14.8 Å². The molecule has 5 heteroatoms. The van der Waals surface area contributed by atoms with Crippen molar-refractivity contribution in [3.8, 4) is 11.6 Å². The van der Waals surface area contributed by atoms with Gasteiger partial charge in [-0.1, -0.05) is 6.92 Å². The summed E-state index contributed by atoms with van der Waals surface area (Å²) in [7, 11) is 3.42. The normalized spacial score (nSPS) is 10.4. The molecular formula is C13H17N3O2. The van der Waals surface area contributed by atoms with Crippen LogP contribution in [-0.2, 0) is 0 Å². The van der Waals surface area contributed by atoms with Crippen LogP contribution in [0.15, 0.2) is 18.2 Å². The molecule has 5 nitrogen and oxygen atoms in total. The van der Waals surface area contributed by atoms with Gasteiger partial charge in [-0.3, -0.25) is 0 Å². The number of fused-ring (bicyclic) bond motifs is 1. The molecule has 1 N–H and O–H groups in total. The zero-order chi connectivity index (χ0) is 13.0. The highest BCUT2D eigenvalue weighted by Gasteiger charge is 2.09. The number of nitrogens with zero attached hydrogens (tertiary/aromatic N) is 2. The SMILES string of the molecule is CCCOc1nc(NC)nc2ccc(OC)cc12. The molecule has 18 heavy (non-hydrogen) atoms. The average molecular weight is 247 g/mol. The summed E-state index contributed by atoms with van der Waals surface area (Å²) in [5.41, 5.74) is 0.834. The van der Waals surface area contributed by atoms with Crippen molar-refractivity contribution in [2.45, 2.75) is 13.3 Å². The number of benzene rings is 1. The quantitative estimate of drug-likeness (QED) is 0.879. The summed E-state index contributed by atoms with van der Waals surface area (Å²) in [5, 5.41) is 3.79. The van der Waals surface area contributed by atoms with Crippen LogP contribution in [0.4, 0.5) is 5.95 Å². The predicted molar refractivity (Wildman–Crippen MR) is 71.4 cm³/mol. The topological polar surface area (TPSA) is 56.3 Å². The molecule has 96 valence electrons. The third-order valence-corrected chi connectivity index (χ3v) is 2.53. The number of aromatic nitrogens is 2. The fourth-order valence-electron chi connectivity index (χ4n) is 1.63. The minimum absolute atomic E-state index is 0.554. The summed E-state index contributed by atoms with van der Waals surface area (Å²) in [6.45, 7) is 2.69. The van der Waals surface area contributed by atoms with Crippen LogP contribution in [0.25, 0.3) is 10.9 Å². The van der Waals surface area contributed by atoms with Gasteiger partial charge in [0.05, 0.1) is 24.6 Å². The van der Waals surface area contributed by atoms with Gasteiger partial charge in [0.15, 0.2) is 0 Å². The van der Waals surface area contributed by atoms with Crippen LogP contribution in [-0.4, -0.2) is 30.7 Å². The molecule has 0 amide bonds. The molecule has 0 aliphatic rings. The molecule has 1 aromatic carbocycles. The Hall–Kier alpha value is -2.04. The van der Waals surface area contributed by atoms with Gasteiger partial charge in [-0.05, 0) is 24.6 Å². The predicted octanol–water partition coefficient (Wildman–Crippen LogP) is 2.47. The molecule has 0 bridgehead atoms. The van der Waals surface area contributed by atoms with Crippen molar-refractivity contribution in [3.63, 3.8) is 0 Å². The number of rotatable bonds is 5. The van der Waals surface area contributed by atoms with Crippen LogP contribution in [0.2, 0.25) is 0 Å². The Kier molecular flexibility index (Phi) is 3.82. The molecule has 0 unspecified atom stereocenters. The number of methoxy groups -OCH3 is 1. The largest absolute Gasteiger partial charge is 0.497 e. The maximum absolute atomic E-state index is 5.66. The molecule has 0 radical (unpaired) electrons. The number of nitrogens with one attached hydrogen (secondary N) is 1. The Morgan fingerprint density at radius 2 is 2.11 bits per heavy atom. The first kappa shape index (κ1) is 12.4. The van der Waals surface area contributed by atoms with E-state index in [1.165, 1.54) is 0 Å². The lowest BCUT2D eigenvalue weighted by atomic mass is 10.2. The molecule has 0 spiro atoms. The van der Waals surface area contributed by atoms with Crippen molar-refractivity contribution in [2.75, 3.05) is 26.1 Å². The van der Waals surface area contributed by atoms with E-state index >= 15 is 0 Å². The van der Waals surface area contributed by atoms with Crippen LogP contribution in [0.3, 0.4) is 0 Å². The van der Waals surface area contributed by atoms with Crippen LogP contribution in [0, 0.1) is 0 Å². The van der Waals surface area contributed by atoms with Crippen molar-refractivity contribution in [3.05, 3.63) is 18.2 Å². The molecule has 0 aliphatic heterocycles. The highest BCUT2D eigenvalue weighted by atomic mass is 16.5. The number of hydrogen-bond acceptors (Lipinski definition) is 5. The molecule has 1 heterocycles. The van der Waals surface area contributed by atoms with Crippen LogP contribution in [0.5, 0.6) is 11.6 Å². The zero-order valence-electron chi connectivity index (χ0n) is 10.9. The van der Waals surface area contributed by atoms with E-state index in [1.54, 1.807) is 14.2 Å². The smallest absolute Gasteiger partial charge is 0.226 e. The van der Waals surface area contributed by atoms with Crippen molar-refractivity contribution in [1.29, 1.82) is 0 Å². The van der Waals surface area contributed by atoms with E-state index < -0.39 is 0 Å². The Morgan fingerprint density at radius 1 is 1.28 bits per heavy atom. The van der Waals surface area contributed by atoms with E-state index in [-0.39, 0.29) is 0 Å². The van der Waals surface area contributed by atoms with Gasteiger partial charge < -0.3 is 14.8 Å². The highest BCUT2D eigenvalue weighted by Crippen LogP contribution is 2.27. The number of anilines is 1. The summed E-state index contributed by atoms with van der Waals surface area (Å²) in [4.78, 5) is 8.71. The monoisotopic (exact) mass is 247 g/mol. The van der Waals surface area contributed by atoms with Gasteiger partial charge in [0.2, 0.25) is 11.8 Å². The second-order valence-electron chi connectivity index (χ2n) is 3.83. The van der Waals surface area contributed by atoms with Crippen molar-refractivity contribution >= 4 is 16.9 Å². The highest BCUT2D eigenvalue weighted by molar-refractivity contribution is 5.85. The Morgan fingerprint density at radius 3 is 2.78 bits per heavy atom. The van der Waals surface area contributed by atoms with Crippen LogP contribution >= 0.6 is 0 Å². The molecule has 2 aromatic rings. The summed E-state index contributed by atoms with van der Waals surface area (Å²) in [6, 6.07) is 5.66. The molecule has 2 rings (SSSR count). The summed E-state index contributed by atoms with van der Waals surface area (Å²) in [5.74, 6) is 1.91. The van der Waals surface area contributed by atoms with E-state index in [4.69, 9.17) is 9.47 Å². The van der Waals surface area contributed by atoms with Gasteiger partial charge in [0.1, 0.15) is 5.75 Å². The standard InChI is InChI=1S/C13H17N3O2/c1-4-7-18-12-10-8-9(17-3)5-6-11(10)15-13(14-2)16-12/h5-6,8H,4,7H2,1-3H3,(H,14,15,16). The second kappa shape index (κ2) is 5.53. The fourth-order valence-corrected chi connectivity index (χ4v) is 1.63. The minimum atomic E-state index is 0.554. The van der Waals surface area contributed by atoms with Gasteiger partial charge in [-0.2, -0.15) is 4.98 Å². The molecular weight excluding hydrogens is 230 g/mol. The lowest BCUT2D eigenvalue weighted by Crippen LogP contribution is -2.03. The summed E-state index contributed by atoms with van der Waals surface area (Å²) in [6.07, 6.45) is 0.935. The lowest BCUT2D eigenvalue weighted by Gasteiger charge is -2.10. The first-order valence-corrected chi connectivity index (χ1v) is 5.94. The molecule has 1 aromatic heterocycles. The molecule has 0 fully saturated rings. The maximum atomic E-state index is 5.66. The summed E-state index contributed by atoms with van der Waals surface area (Å²) >= 11 is 0. The fraction of sp³-hybridized carbons (Fsp3) is 0.385. The van der Waals surface area contributed by atoms with E-state index in [0.29, 0.717) is 18.4 Å². The number of ether oxygens (including phenoxy) is 2. The van der Waals surface area contributed by atoms with Crippen LogP contribution in [0.1, 0.15) is 13.3 Å². The van der Waals surface area contributed by atoms with E-state index in [1.807, 2.05) is 18.2 Å². The first-order valence-electron chi connectivity index (χ1n) is 5.94. The Labute approximate surface area is 106 Å². The minimum Gasteiger partial charge on any atom is -0.497 e. The molecule has 0 saturated heterocycles. The number of hydrogen-bond donors (Lipinski definition) is 1. The van der Waals surface area contributed by atoms with Crippen molar-refractivity contribution < 1.29 is 9.47 Å². The maximum Gasteiger partial charge on any atom is 0.226 e. The van der Waals surface area contributed by atoms with Gasteiger partial charge >= 0.3 is 0 Å². The second-order valence-corrected chi connectivity index (χ2v) is 3.83. The lowest BCUT2D eigenvalue weighted by molar-refractivity contribution is 0.309. The van der Waals surface area contributed by atoms with Gasteiger partial charge in [-0.15, -0.1) is 0 Å². The molecule has 0 saturated carbocycles. The van der Waals surface area contributed by atoms with Crippen molar-refractivity contribution in [1.82, 2.24) is 9.97 Å². The molecule has 0 aliphatic carbocycles. The third-order valence-electron chi connectivity index (χ3n) is 2.53. The third kappa shape index (κ3) is 2.45. The molecule has 0 atom stereocenters. The van der Waals surface area contributed by atoms with Gasteiger partial charge in [0, 0.05) is 7.05 Å². The Bertz CT molecular complexity index is 543. The van der Waals surface area contributed by atoms with E-state index in [2.05, 4.69) is 22.2 Å². The first-order chi connectivity index (χ1) is 8.78. The van der Waals surface area contributed by atoms with Gasteiger partial charge in [0.25, 0.3) is 0 Å². The van der Waals surface area contributed by atoms with Crippen molar-refractivity contribution in [2.24, 2.45) is 0 Å². The zero-order valence-corrected chi connectivity index (χ0v) is 10.9. The average Bonchev–Trinajstić information content (AvgIpc) is 2.43. The van der Waals surface area contributed by atoms with Gasteiger partial charge in [-0.25, -0.2) is 4.98 Å².